The topological polar surface area (TPSA) is 49.3 Å². The van der Waals surface area contributed by atoms with Crippen molar-refractivity contribution < 1.29 is 9.90 Å². The van der Waals surface area contributed by atoms with Gasteiger partial charge < -0.3 is 10.4 Å². The molecule has 1 amide bonds. The summed E-state index contributed by atoms with van der Waals surface area (Å²) in [5, 5.41) is 12.1. The fourth-order valence-electron chi connectivity index (χ4n) is 2.23. The molecule has 19 heavy (non-hydrogen) atoms. The average molecular weight is 279 g/mol. The van der Waals surface area contributed by atoms with Gasteiger partial charge in [-0.1, -0.05) is 12.1 Å². The van der Waals surface area contributed by atoms with Crippen LogP contribution in [0.1, 0.15) is 35.2 Å². The molecular weight excluding hydrogens is 258 g/mol. The van der Waals surface area contributed by atoms with Crippen LogP contribution >= 0.6 is 11.8 Å². The van der Waals surface area contributed by atoms with E-state index >= 15 is 0 Å². The second kappa shape index (κ2) is 6.96. The van der Waals surface area contributed by atoms with E-state index in [0.717, 1.165) is 18.6 Å². The normalized spacial score (nSPS) is 16.1. The summed E-state index contributed by atoms with van der Waals surface area (Å²) >= 11 is 1.77. The summed E-state index contributed by atoms with van der Waals surface area (Å²) in [5.41, 5.74) is 1.94. The third-order valence-corrected chi connectivity index (χ3v) is 4.10. The van der Waals surface area contributed by atoms with E-state index < -0.39 is 0 Å². The molecule has 2 N–H and O–H groups in total. The van der Waals surface area contributed by atoms with Gasteiger partial charge in [-0.05, 0) is 49.1 Å². The first-order valence-corrected chi connectivity index (χ1v) is 8.13. The molecule has 1 fully saturated rings. The van der Waals surface area contributed by atoms with Crippen LogP contribution in [0.2, 0.25) is 0 Å². The Morgan fingerprint density at radius 2 is 2.11 bits per heavy atom. The van der Waals surface area contributed by atoms with Crippen LogP contribution in [-0.4, -0.2) is 29.9 Å². The van der Waals surface area contributed by atoms with E-state index in [1.54, 1.807) is 11.8 Å². The summed E-state index contributed by atoms with van der Waals surface area (Å²) in [7, 11) is 0. The Morgan fingerprint density at radius 1 is 1.42 bits per heavy atom. The van der Waals surface area contributed by atoms with Gasteiger partial charge in [0.15, 0.2) is 0 Å². The van der Waals surface area contributed by atoms with E-state index in [4.69, 9.17) is 5.11 Å². The number of carbonyl (C=O) groups is 1. The van der Waals surface area contributed by atoms with Gasteiger partial charge in [-0.25, -0.2) is 0 Å². The van der Waals surface area contributed by atoms with Crippen LogP contribution in [0, 0.1) is 5.92 Å². The molecule has 2 rings (SSSR count). The predicted molar refractivity (Wildman–Crippen MR) is 79.3 cm³/mol. The van der Waals surface area contributed by atoms with Crippen molar-refractivity contribution in [2.45, 2.75) is 31.1 Å². The van der Waals surface area contributed by atoms with Crippen LogP contribution in [-0.2, 0) is 5.75 Å². The molecule has 1 aromatic rings. The van der Waals surface area contributed by atoms with Gasteiger partial charge in [0.1, 0.15) is 0 Å². The van der Waals surface area contributed by atoms with E-state index in [9.17, 15) is 4.79 Å². The standard InChI is InChI=1S/C15H21NO2S/c1-19-10-11-2-4-13(5-3-11)15(18)16-14(8-9-17)12-6-7-12/h2-5,12,14,17H,6-10H2,1H3,(H,16,18). The molecule has 0 bridgehead atoms. The lowest BCUT2D eigenvalue weighted by Gasteiger charge is -2.17. The first-order valence-electron chi connectivity index (χ1n) is 6.74. The van der Waals surface area contributed by atoms with Crippen molar-refractivity contribution in [2.24, 2.45) is 5.92 Å². The first kappa shape index (κ1) is 14.4. The Morgan fingerprint density at radius 3 is 2.63 bits per heavy atom. The van der Waals surface area contributed by atoms with Crippen molar-refractivity contribution in [1.82, 2.24) is 5.32 Å². The van der Waals surface area contributed by atoms with Gasteiger partial charge in [-0.2, -0.15) is 11.8 Å². The SMILES string of the molecule is CSCc1ccc(C(=O)NC(CCO)C2CC2)cc1. The van der Waals surface area contributed by atoms with Crippen LogP contribution in [0.15, 0.2) is 24.3 Å². The Labute approximate surface area is 118 Å². The van der Waals surface area contributed by atoms with Crippen molar-refractivity contribution >= 4 is 17.7 Å². The summed E-state index contributed by atoms with van der Waals surface area (Å²) in [6.45, 7) is 0.133. The Kier molecular flexibility index (Phi) is 5.28. The van der Waals surface area contributed by atoms with Crippen molar-refractivity contribution in [1.29, 1.82) is 0 Å². The zero-order chi connectivity index (χ0) is 13.7. The molecule has 1 unspecified atom stereocenters. The van der Waals surface area contributed by atoms with Gasteiger partial charge in [0.2, 0.25) is 0 Å². The molecular formula is C15H21NO2S. The minimum atomic E-state index is -0.0268. The maximum absolute atomic E-state index is 12.1. The molecule has 1 aliphatic carbocycles. The molecule has 1 saturated carbocycles. The van der Waals surface area contributed by atoms with Gasteiger partial charge in [0.25, 0.3) is 5.91 Å². The van der Waals surface area contributed by atoms with Crippen LogP contribution < -0.4 is 5.32 Å². The maximum Gasteiger partial charge on any atom is 0.251 e. The highest BCUT2D eigenvalue weighted by atomic mass is 32.2. The monoisotopic (exact) mass is 279 g/mol. The van der Waals surface area contributed by atoms with E-state index in [2.05, 4.69) is 11.6 Å². The number of amides is 1. The lowest BCUT2D eigenvalue weighted by Crippen LogP contribution is -2.37. The number of aliphatic hydroxyl groups is 1. The lowest BCUT2D eigenvalue weighted by molar-refractivity contribution is 0.0924. The van der Waals surface area contributed by atoms with Crippen molar-refractivity contribution in [3.63, 3.8) is 0 Å². The first-order chi connectivity index (χ1) is 9.24. The van der Waals surface area contributed by atoms with Crippen molar-refractivity contribution in [3.8, 4) is 0 Å². The van der Waals surface area contributed by atoms with Crippen LogP contribution in [0.25, 0.3) is 0 Å². The Balaban J connectivity index is 1.94. The maximum atomic E-state index is 12.1. The fraction of sp³-hybridized carbons (Fsp3) is 0.533. The van der Waals surface area contributed by atoms with E-state index in [0.29, 0.717) is 17.9 Å². The molecule has 1 atom stereocenters. The number of rotatable bonds is 7. The highest BCUT2D eigenvalue weighted by Gasteiger charge is 2.31. The Hall–Kier alpha value is -1.00. The summed E-state index contributed by atoms with van der Waals surface area (Å²) in [6, 6.07) is 7.89. The van der Waals surface area contributed by atoms with Gasteiger partial charge >= 0.3 is 0 Å². The van der Waals surface area contributed by atoms with Gasteiger partial charge in [-0.3, -0.25) is 4.79 Å². The number of nitrogens with one attached hydrogen (secondary N) is 1. The van der Waals surface area contributed by atoms with Crippen molar-refractivity contribution in [3.05, 3.63) is 35.4 Å². The number of hydrogen-bond acceptors (Lipinski definition) is 3. The van der Waals surface area contributed by atoms with Gasteiger partial charge in [0, 0.05) is 24.0 Å². The van der Waals surface area contributed by atoms with Crippen LogP contribution in [0.4, 0.5) is 0 Å². The Bertz CT molecular complexity index is 415. The zero-order valence-corrected chi connectivity index (χ0v) is 12.1. The number of hydrogen-bond donors (Lipinski definition) is 2. The molecule has 0 saturated heterocycles. The minimum Gasteiger partial charge on any atom is -0.396 e. The molecule has 0 spiro atoms. The predicted octanol–water partition coefficient (Wildman–Crippen LogP) is 2.44. The van der Waals surface area contributed by atoms with Crippen molar-refractivity contribution in [2.75, 3.05) is 12.9 Å². The molecule has 0 aliphatic heterocycles. The summed E-state index contributed by atoms with van der Waals surface area (Å²) in [4.78, 5) is 12.1. The molecule has 104 valence electrons. The molecule has 3 nitrogen and oxygen atoms in total. The molecule has 1 aliphatic rings. The van der Waals surface area contributed by atoms with Gasteiger partial charge in [-0.15, -0.1) is 0 Å². The third-order valence-electron chi connectivity index (χ3n) is 3.47. The number of carbonyl (C=O) groups excluding carboxylic acids is 1. The number of benzene rings is 1. The summed E-state index contributed by atoms with van der Waals surface area (Å²) in [6.07, 6.45) is 5.05. The zero-order valence-electron chi connectivity index (χ0n) is 11.3. The molecule has 1 aromatic carbocycles. The molecule has 0 aromatic heterocycles. The summed E-state index contributed by atoms with van der Waals surface area (Å²) < 4.78 is 0. The van der Waals surface area contributed by atoms with Gasteiger partial charge in [0.05, 0.1) is 0 Å². The summed E-state index contributed by atoms with van der Waals surface area (Å²) in [5.74, 6) is 1.50. The molecule has 4 heteroatoms. The van der Waals surface area contributed by atoms with Crippen LogP contribution in [0.3, 0.4) is 0 Å². The largest absolute Gasteiger partial charge is 0.396 e. The third kappa shape index (κ3) is 4.25. The molecule has 0 radical (unpaired) electrons. The second-order valence-corrected chi connectivity index (χ2v) is 5.93. The van der Waals surface area contributed by atoms with E-state index in [1.165, 1.54) is 5.56 Å². The molecule has 0 heterocycles. The average Bonchev–Trinajstić information content (AvgIpc) is 3.24. The highest BCUT2D eigenvalue weighted by Crippen LogP contribution is 2.34. The smallest absolute Gasteiger partial charge is 0.251 e. The number of aliphatic hydroxyl groups excluding tert-OH is 1. The number of thioether (sulfide) groups is 1. The van der Waals surface area contributed by atoms with Crippen LogP contribution in [0.5, 0.6) is 0 Å². The van der Waals surface area contributed by atoms with E-state index in [1.807, 2.05) is 24.3 Å². The second-order valence-electron chi connectivity index (χ2n) is 5.06. The van der Waals surface area contributed by atoms with E-state index in [-0.39, 0.29) is 18.6 Å². The fourth-order valence-corrected chi connectivity index (χ4v) is 2.76. The minimum absolute atomic E-state index is 0.0268. The quantitative estimate of drug-likeness (QED) is 0.806. The lowest BCUT2D eigenvalue weighted by atomic mass is 10.1. The highest BCUT2D eigenvalue weighted by molar-refractivity contribution is 7.97.